The first-order chi connectivity index (χ1) is 20.6. The minimum atomic E-state index is 0.284. The van der Waals surface area contributed by atoms with E-state index < -0.39 is 0 Å². The second-order valence-electron chi connectivity index (χ2n) is 16.4. The number of benzene rings is 2. The van der Waals surface area contributed by atoms with Gasteiger partial charge in [-0.1, -0.05) is 119 Å². The zero-order valence-electron chi connectivity index (χ0n) is 31.4. The van der Waals surface area contributed by atoms with Crippen LogP contribution in [0, 0.1) is 0 Å². The predicted molar refractivity (Wildman–Crippen MR) is 196 cm³/mol. The maximum atomic E-state index is 2.64. The second-order valence-corrected chi connectivity index (χ2v) is 16.4. The lowest BCUT2D eigenvalue weighted by atomic mass is 9.59. The molecule has 0 N–H and O–H groups in total. The highest BCUT2D eigenvalue weighted by Gasteiger charge is 2.57. The van der Waals surface area contributed by atoms with Gasteiger partial charge in [0.15, 0.2) is 0 Å². The fraction of sp³-hybridized carbons (Fsp3) is 0.714. The lowest BCUT2D eigenvalue weighted by Crippen LogP contribution is -2.55. The monoisotopic (exact) mass is 601 g/mol. The van der Waals surface area contributed by atoms with E-state index in [4.69, 9.17) is 0 Å². The van der Waals surface area contributed by atoms with Gasteiger partial charge in [0.05, 0.1) is 0 Å². The number of para-hydroxylation sites is 1. The van der Waals surface area contributed by atoms with E-state index in [1.165, 1.54) is 75.6 Å². The topological polar surface area (TPSA) is 6.48 Å². The Balaban J connectivity index is 0.000000192. The van der Waals surface area contributed by atoms with Crippen LogP contribution in [0.4, 0.5) is 11.4 Å². The van der Waals surface area contributed by atoms with Gasteiger partial charge in [-0.3, -0.25) is 0 Å². The largest absolute Gasteiger partial charge is 0.368 e. The molecule has 2 saturated carbocycles. The molecule has 0 spiro atoms. The Morgan fingerprint density at radius 2 is 0.864 bits per heavy atom. The van der Waals surface area contributed by atoms with Crippen LogP contribution in [0.5, 0.6) is 0 Å². The van der Waals surface area contributed by atoms with Crippen molar-refractivity contribution in [2.24, 2.45) is 0 Å². The highest BCUT2D eigenvalue weighted by molar-refractivity contribution is 5.70. The highest BCUT2D eigenvalue weighted by atomic mass is 15.2. The number of hydrogen-bond donors (Lipinski definition) is 0. The lowest BCUT2D eigenvalue weighted by Gasteiger charge is -2.49. The summed E-state index contributed by atoms with van der Waals surface area (Å²) >= 11 is 0. The number of rotatable bonds is 0. The average molecular weight is 601 g/mol. The van der Waals surface area contributed by atoms with E-state index in [-0.39, 0.29) is 5.54 Å². The first kappa shape index (κ1) is 34.9. The van der Waals surface area contributed by atoms with Gasteiger partial charge in [0.25, 0.3) is 0 Å². The Kier molecular flexibility index (Phi) is 9.52. The molecule has 4 unspecified atom stereocenters. The second kappa shape index (κ2) is 12.0. The molecule has 5 aliphatic rings. The molecule has 4 atom stereocenters. The minimum absolute atomic E-state index is 0.284. The maximum absolute atomic E-state index is 2.64. The van der Waals surface area contributed by atoms with E-state index in [0.29, 0.717) is 27.2 Å². The summed E-state index contributed by atoms with van der Waals surface area (Å²) in [6, 6.07) is 14.2. The number of nitrogens with zero attached hydrogens (tertiary/aromatic N) is 2. The average Bonchev–Trinajstić information content (AvgIpc) is 3.32. The number of likely N-dealkylation sites (N-methyl/N-ethyl adjacent to an activating group) is 2. The molecule has 2 aliphatic heterocycles. The molecule has 2 heteroatoms. The van der Waals surface area contributed by atoms with Crippen LogP contribution in [0.3, 0.4) is 0 Å². The summed E-state index contributed by atoms with van der Waals surface area (Å²) in [7, 11) is 4.62. The Hall–Kier alpha value is -1.96. The molecule has 0 radical (unpaired) electrons. The van der Waals surface area contributed by atoms with E-state index >= 15 is 0 Å². The molecule has 2 aromatic rings. The molecule has 2 nitrogen and oxygen atoms in total. The molecular weight excluding hydrogens is 532 g/mol. The molecule has 44 heavy (non-hydrogen) atoms. The van der Waals surface area contributed by atoms with Gasteiger partial charge < -0.3 is 9.80 Å². The summed E-state index contributed by atoms with van der Waals surface area (Å²) in [5.74, 6) is 0. The summed E-state index contributed by atoms with van der Waals surface area (Å²) in [4.78, 5) is 5.17. The first-order valence-electron chi connectivity index (χ1n) is 18.4. The van der Waals surface area contributed by atoms with Gasteiger partial charge in [-0.15, -0.1) is 0 Å². The van der Waals surface area contributed by atoms with Gasteiger partial charge in [0.1, 0.15) is 0 Å². The lowest BCUT2D eigenvalue weighted by molar-refractivity contribution is 0.189. The van der Waals surface area contributed by atoms with Crippen LogP contribution in [-0.2, 0) is 21.7 Å². The van der Waals surface area contributed by atoms with Crippen molar-refractivity contribution in [2.75, 3.05) is 23.9 Å². The Morgan fingerprint density at radius 1 is 0.455 bits per heavy atom. The van der Waals surface area contributed by atoms with Crippen molar-refractivity contribution in [3.63, 3.8) is 0 Å². The first-order valence-corrected chi connectivity index (χ1v) is 18.4. The molecule has 2 aromatic carbocycles. The van der Waals surface area contributed by atoms with Gasteiger partial charge >= 0.3 is 0 Å². The molecule has 0 amide bonds. The van der Waals surface area contributed by atoms with Gasteiger partial charge in [-0.05, 0) is 97.6 Å². The van der Waals surface area contributed by atoms with Crippen LogP contribution in [-0.4, -0.2) is 25.2 Å². The molecule has 0 aromatic heterocycles. The van der Waals surface area contributed by atoms with E-state index in [2.05, 4.69) is 116 Å². The number of anilines is 2. The van der Waals surface area contributed by atoms with Gasteiger partial charge in [-0.25, -0.2) is 0 Å². The number of fused-ring (bicyclic) bond motifs is 7. The van der Waals surface area contributed by atoms with Crippen LogP contribution in [0.25, 0.3) is 0 Å². The van der Waals surface area contributed by atoms with E-state index in [9.17, 15) is 0 Å². The molecule has 2 heterocycles. The van der Waals surface area contributed by atoms with Crippen LogP contribution in [0.2, 0.25) is 0 Å². The summed E-state index contributed by atoms with van der Waals surface area (Å²) in [5, 5.41) is 0. The smallest absolute Gasteiger partial charge is 0.0465 e. The fourth-order valence-electron chi connectivity index (χ4n) is 10.00. The van der Waals surface area contributed by atoms with Crippen molar-refractivity contribution in [2.45, 2.75) is 180 Å². The van der Waals surface area contributed by atoms with E-state index in [0.717, 1.165) is 0 Å². The van der Waals surface area contributed by atoms with Crippen molar-refractivity contribution >= 4 is 11.4 Å². The van der Waals surface area contributed by atoms with Crippen molar-refractivity contribution in [3.05, 3.63) is 58.7 Å². The fourth-order valence-corrected chi connectivity index (χ4v) is 10.00. The van der Waals surface area contributed by atoms with Crippen LogP contribution in [0.1, 0.15) is 170 Å². The Labute approximate surface area is 273 Å². The van der Waals surface area contributed by atoms with E-state index in [1.807, 2.05) is 27.7 Å². The summed E-state index contributed by atoms with van der Waals surface area (Å²) < 4.78 is 0. The summed E-state index contributed by atoms with van der Waals surface area (Å²) in [6.45, 7) is 27.8. The SMILES string of the molecule is CC.CC.CN1c2cc3c(cc2C2(C)CCCCC12C)C(C)(C)CCC3(C)C.CN1c2ccccc2C2(C)CCCCC12C. The van der Waals surface area contributed by atoms with Gasteiger partial charge in [0.2, 0.25) is 0 Å². The molecule has 2 fully saturated rings. The molecule has 7 rings (SSSR count). The molecule has 0 saturated heterocycles. The highest BCUT2D eigenvalue weighted by Crippen LogP contribution is 2.60. The number of hydrogen-bond acceptors (Lipinski definition) is 2. The summed E-state index contributed by atoms with van der Waals surface area (Å²) in [5.41, 5.74) is 11.3. The van der Waals surface area contributed by atoms with Crippen molar-refractivity contribution in [1.29, 1.82) is 0 Å². The Morgan fingerprint density at radius 3 is 1.39 bits per heavy atom. The third-order valence-corrected chi connectivity index (χ3v) is 13.8. The summed E-state index contributed by atoms with van der Waals surface area (Å²) in [6.07, 6.45) is 13.4. The zero-order chi connectivity index (χ0) is 32.9. The molecular formula is C42H68N2. The van der Waals surface area contributed by atoms with Gasteiger partial charge in [-0.2, -0.15) is 0 Å². The normalized spacial score (nSPS) is 33.4. The molecule has 0 bridgehead atoms. The van der Waals surface area contributed by atoms with Crippen LogP contribution >= 0.6 is 0 Å². The quantitative estimate of drug-likeness (QED) is 0.297. The zero-order valence-corrected chi connectivity index (χ0v) is 31.4. The predicted octanol–water partition coefficient (Wildman–Crippen LogP) is 11.9. The van der Waals surface area contributed by atoms with Crippen molar-refractivity contribution in [3.8, 4) is 0 Å². The van der Waals surface area contributed by atoms with Crippen LogP contribution in [0.15, 0.2) is 36.4 Å². The molecule has 3 aliphatic carbocycles. The Bertz CT molecular complexity index is 1320. The third kappa shape index (κ3) is 4.86. The standard InChI is InChI=1S/C23H35N.C15H21N.2C2H6/c1-20(2)12-13-21(3,4)17-15-19-18(14-16(17)20)22(5)10-8-9-11-23(22,6)24(19)7;1-14-10-6-7-11-15(14,2)16(3)13-9-5-4-8-12(13)14;2*1-2/h14-15H,8-13H2,1-7H3;4-5,8-9H,6-7,10-11H2,1-3H3;2*1-2H3. The molecule has 246 valence electrons. The van der Waals surface area contributed by atoms with Crippen LogP contribution < -0.4 is 9.80 Å². The van der Waals surface area contributed by atoms with Gasteiger partial charge in [0, 0.05) is 47.4 Å². The van der Waals surface area contributed by atoms with Crippen molar-refractivity contribution < 1.29 is 0 Å². The van der Waals surface area contributed by atoms with E-state index in [1.54, 1.807) is 22.3 Å². The van der Waals surface area contributed by atoms with Crippen molar-refractivity contribution in [1.82, 2.24) is 0 Å². The maximum Gasteiger partial charge on any atom is 0.0465 e. The third-order valence-electron chi connectivity index (χ3n) is 13.8. The minimum Gasteiger partial charge on any atom is -0.368 e.